The Labute approximate surface area is 166 Å². The molecule has 6 nitrogen and oxygen atoms in total. The molecule has 0 fully saturated rings. The van der Waals surface area contributed by atoms with Crippen LogP contribution in [0.2, 0.25) is 4.34 Å². The molecular formula is C17H15ClN2O4S3. The van der Waals surface area contributed by atoms with Crippen molar-refractivity contribution in [2.75, 3.05) is 9.44 Å². The topological polar surface area (TPSA) is 92.3 Å². The summed E-state index contributed by atoms with van der Waals surface area (Å²) in [6.07, 6.45) is 0. The van der Waals surface area contributed by atoms with E-state index in [1.165, 1.54) is 36.4 Å². The molecule has 3 rings (SSSR count). The van der Waals surface area contributed by atoms with Gasteiger partial charge in [-0.05, 0) is 43.3 Å². The zero-order valence-corrected chi connectivity index (χ0v) is 17.2. The average molecular weight is 443 g/mol. The average Bonchev–Trinajstić information content (AvgIpc) is 3.04. The Bertz CT molecular complexity index is 1170. The van der Waals surface area contributed by atoms with Gasteiger partial charge < -0.3 is 0 Å². The molecule has 1 aromatic heterocycles. The molecular weight excluding hydrogens is 428 g/mol. The molecule has 0 bridgehead atoms. The standard InChI is InChI=1S/C17H15ClN2O4S3/c1-12-6-8-13(9-7-12)26(21,22)19-14-4-2-3-5-15(14)20-27(23,24)17-11-10-16(18)25-17/h2-11,19-20H,1H3. The van der Waals surface area contributed by atoms with E-state index in [1.54, 1.807) is 24.3 Å². The van der Waals surface area contributed by atoms with Crippen LogP contribution in [0.5, 0.6) is 0 Å². The minimum atomic E-state index is -3.89. The van der Waals surface area contributed by atoms with Gasteiger partial charge in [0.05, 0.1) is 20.6 Å². The molecule has 0 atom stereocenters. The van der Waals surface area contributed by atoms with Crippen LogP contribution in [-0.4, -0.2) is 16.8 Å². The van der Waals surface area contributed by atoms with E-state index in [0.29, 0.717) is 4.34 Å². The highest BCUT2D eigenvalue weighted by atomic mass is 35.5. The Kier molecular flexibility index (Phi) is 5.48. The number of para-hydroxylation sites is 2. The lowest BCUT2D eigenvalue weighted by Crippen LogP contribution is -2.17. The summed E-state index contributed by atoms with van der Waals surface area (Å²) in [6.45, 7) is 1.85. The first-order chi connectivity index (χ1) is 12.7. The van der Waals surface area contributed by atoms with E-state index in [4.69, 9.17) is 11.6 Å². The zero-order valence-electron chi connectivity index (χ0n) is 14.0. The number of aryl methyl sites for hydroxylation is 1. The largest absolute Gasteiger partial charge is 0.277 e. The van der Waals surface area contributed by atoms with Crippen molar-refractivity contribution in [1.82, 2.24) is 0 Å². The second-order valence-electron chi connectivity index (χ2n) is 5.63. The van der Waals surface area contributed by atoms with E-state index >= 15 is 0 Å². The molecule has 0 aliphatic carbocycles. The third-order valence-electron chi connectivity index (χ3n) is 3.56. The number of anilines is 2. The van der Waals surface area contributed by atoms with Gasteiger partial charge in [0.25, 0.3) is 20.0 Å². The molecule has 0 aliphatic rings. The Hall–Kier alpha value is -2.07. The molecule has 0 saturated heterocycles. The Morgan fingerprint density at radius 3 is 1.85 bits per heavy atom. The molecule has 0 radical (unpaired) electrons. The van der Waals surface area contributed by atoms with Gasteiger partial charge in [0.15, 0.2) is 0 Å². The van der Waals surface area contributed by atoms with Crippen molar-refractivity contribution in [3.63, 3.8) is 0 Å². The maximum atomic E-state index is 12.6. The van der Waals surface area contributed by atoms with Crippen molar-refractivity contribution in [2.24, 2.45) is 0 Å². The van der Waals surface area contributed by atoms with Gasteiger partial charge in [0, 0.05) is 0 Å². The second-order valence-corrected chi connectivity index (χ2v) is 10.9. The summed E-state index contributed by atoms with van der Waals surface area (Å²) in [5, 5.41) is 0. The fraction of sp³-hybridized carbons (Fsp3) is 0.0588. The maximum Gasteiger partial charge on any atom is 0.271 e. The summed E-state index contributed by atoms with van der Waals surface area (Å²) >= 11 is 6.71. The minimum Gasteiger partial charge on any atom is -0.277 e. The molecule has 0 amide bonds. The summed E-state index contributed by atoms with van der Waals surface area (Å²) in [7, 11) is -7.76. The van der Waals surface area contributed by atoms with Crippen molar-refractivity contribution in [1.29, 1.82) is 0 Å². The van der Waals surface area contributed by atoms with Crippen LogP contribution in [0, 0.1) is 6.92 Å². The van der Waals surface area contributed by atoms with Gasteiger partial charge in [-0.25, -0.2) is 16.8 Å². The van der Waals surface area contributed by atoms with Gasteiger partial charge in [0.2, 0.25) is 0 Å². The minimum absolute atomic E-state index is 0.0312. The van der Waals surface area contributed by atoms with Crippen LogP contribution in [0.1, 0.15) is 5.56 Å². The Morgan fingerprint density at radius 1 is 0.778 bits per heavy atom. The van der Waals surface area contributed by atoms with Gasteiger partial charge in [-0.15, -0.1) is 11.3 Å². The number of rotatable bonds is 6. The Morgan fingerprint density at radius 2 is 1.33 bits per heavy atom. The Balaban J connectivity index is 1.91. The third kappa shape index (κ3) is 4.62. The number of hydrogen-bond acceptors (Lipinski definition) is 5. The van der Waals surface area contributed by atoms with Gasteiger partial charge in [-0.3, -0.25) is 9.44 Å². The molecule has 0 aliphatic heterocycles. The summed E-state index contributed by atoms with van der Waals surface area (Å²) < 4.78 is 55.4. The van der Waals surface area contributed by atoms with Gasteiger partial charge >= 0.3 is 0 Å². The molecule has 3 aromatic rings. The summed E-state index contributed by atoms with van der Waals surface area (Å²) in [6, 6.07) is 15.4. The second kappa shape index (κ2) is 7.51. The summed E-state index contributed by atoms with van der Waals surface area (Å²) in [4.78, 5) is 0.0794. The lowest BCUT2D eigenvalue weighted by molar-refractivity contribution is 0.599. The van der Waals surface area contributed by atoms with Gasteiger partial charge in [-0.1, -0.05) is 41.4 Å². The molecule has 142 valence electrons. The molecule has 0 spiro atoms. The van der Waals surface area contributed by atoms with Crippen LogP contribution in [0.25, 0.3) is 0 Å². The van der Waals surface area contributed by atoms with Crippen molar-refractivity contribution in [3.05, 3.63) is 70.6 Å². The highest BCUT2D eigenvalue weighted by Gasteiger charge is 2.20. The van der Waals surface area contributed by atoms with Crippen molar-refractivity contribution in [3.8, 4) is 0 Å². The molecule has 27 heavy (non-hydrogen) atoms. The summed E-state index contributed by atoms with van der Waals surface area (Å²) in [5.74, 6) is 0. The molecule has 10 heteroatoms. The molecule has 1 heterocycles. The highest BCUT2D eigenvalue weighted by Crippen LogP contribution is 2.30. The monoisotopic (exact) mass is 442 g/mol. The predicted octanol–water partition coefficient (Wildman–Crippen LogP) is 4.31. The van der Waals surface area contributed by atoms with E-state index in [0.717, 1.165) is 16.9 Å². The fourth-order valence-electron chi connectivity index (χ4n) is 2.22. The molecule has 2 aromatic carbocycles. The predicted molar refractivity (Wildman–Crippen MR) is 109 cm³/mol. The fourth-order valence-corrected chi connectivity index (χ4v) is 5.86. The first-order valence-corrected chi connectivity index (χ1v) is 11.8. The number of thiophene rings is 1. The number of benzene rings is 2. The quantitative estimate of drug-likeness (QED) is 0.594. The van der Waals surface area contributed by atoms with Crippen molar-refractivity contribution >= 4 is 54.4 Å². The van der Waals surface area contributed by atoms with Crippen LogP contribution in [-0.2, 0) is 20.0 Å². The van der Waals surface area contributed by atoms with E-state index in [2.05, 4.69) is 9.44 Å². The summed E-state index contributed by atoms with van der Waals surface area (Å²) in [5.41, 5.74) is 1.15. The lowest BCUT2D eigenvalue weighted by atomic mass is 10.2. The molecule has 2 N–H and O–H groups in total. The van der Waals surface area contributed by atoms with E-state index < -0.39 is 20.0 Å². The van der Waals surface area contributed by atoms with E-state index in [-0.39, 0.29) is 20.5 Å². The van der Waals surface area contributed by atoms with Crippen LogP contribution >= 0.6 is 22.9 Å². The van der Waals surface area contributed by atoms with Crippen LogP contribution in [0.4, 0.5) is 11.4 Å². The number of nitrogens with one attached hydrogen (secondary N) is 2. The first kappa shape index (κ1) is 19.7. The SMILES string of the molecule is Cc1ccc(S(=O)(=O)Nc2ccccc2NS(=O)(=O)c2ccc(Cl)s2)cc1. The number of hydrogen-bond donors (Lipinski definition) is 2. The van der Waals surface area contributed by atoms with Gasteiger partial charge in [0.1, 0.15) is 4.21 Å². The van der Waals surface area contributed by atoms with Crippen LogP contribution in [0.15, 0.2) is 69.8 Å². The highest BCUT2D eigenvalue weighted by molar-refractivity contribution is 7.94. The molecule has 0 saturated carbocycles. The maximum absolute atomic E-state index is 12.6. The van der Waals surface area contributed by atoms with Gasteiger partial charge in [-0.2, -0.15) is 0 Å². The van der Waals surface area contributed by atoms with Crippen molar-refractivity contribution in [2.45, 2.75) is 16.0 Å². The van der Waals surface area contributed by atoms with E-state index in [9.17, 15) is 16.8 Å². The van der Waals surface area contributed by atoms with Crippen molar-refractivity contribution < 1.29 is 16.8 Å². The first-order valence-electron chi connectivity index (χ1n) is 7.64. The number of sulfonamides is 2. The molecule has 0 unspecified atom stereocenters. The van der Waals surface area contributed by atoms with E-state index in [1.807, 2.05) is 6.92 Å². The smallest absolute Gasteiger partial charge is 0.271 e. The number of halogens is 1. The van der Waals surface area contributed by atoms with Crippen LogP contribution < -0.4 is 9.44 Å². The zero-order chi connectivity index (χ0) is 19.7. The third-order valence-corrected chi connectivity index (χ3v) is 8.03. The lowest BCUT2D eigenvalue weighted by Gasteiger charge is -2.14. The normalized spacial score (nSPS) is 11.9. The van der Waals surface area contributed by atoms with Crippen LogP contribution in [0.3, 0.4) is 0 Å².